The molecule has 1 atom stereocenters. The minimum absolute atomic E-state index is 0.215. The zero-order valence-corrected chi connectivity index (χ0v) is 11.7. The maximum absolute atomic E-state index is 11.5. The number of rotatable bonds is 5. The van der Waals surface area contributed by atoms with E-state index >= 15 is 0 Å². The summed E-state index contributed by atoms with van der Waals surface area (Å²) in [5, 5.41) is 2.75. The molecule has 0 fully saturated rings. The maximum Gasteiger partial charge on any atom is 0.407 e. The Bertz CT molecular complexity index is 269. The molecule has 0 aliphatic heterocycles. The van der Waals surface area contributed by atoms with Crippen molar-refractivity contribution in [2.24, 2.45) is 11.1 Å². The van der Waals surface area contributed by atoms with E-state index in [2.05, 4.69) is 18.3 Å². The largest absolute Gasteiger partial charge is 0.444 e. The third-order valence-electron chi connectivity index (χ3n) is 2.26. The molecule has 0 radical (unpaired) electrons. The number of hydrogen-bond acceptors (Lipinski definition) is 3. The number of nitrogens with one attached hydrogen (secondary N) is 1. The summed E-state index contributed by atoms with van der Waals surface area (Å²) in [4.78, 5) is 11.5. The van der Waals surface area contributed by atoms with Crippen LogP contribution in [0.5, 0.6) is 0 Å². The Labute approximate surface area is 105 Å². The van der Waals surface area contributed by atoms with Crippen molar-refractivity contribution in [3.63, 3.8) is 0 Å². The van der Waals surface area contributed by atoms with Crippen molar-refractivity contribution in [2.75, 3.05) is 13.1 Å². The highest BCUT2D eigenvalue weighted by atomic mass is 16.6. The highest BCUT2D eigenvalue weighted by molar-refractivity contribution is 5.67. The summed E-state index contributed by atoms with van der Waals surface area (Å²) >= 11 is 0. The average molecular weight is 242 g/mol. The fourth-order valence-electron chi connectivity index (χ4n) is 1.19. The Hall–Kier alpha value is -1.03. The van der Waals surface area contributed by atoms with E-state index in [1.165, 1.54) is 0 Å². The van der Waals surface area contributed by atoms with Crippen LogP contribution in [0.1, 0.15) is 41.0 Å². The minimum Gasteiger partial charge on any atom is -0.444 e. The Morgan fingerprint density at radius 1 is 1.35 bits per heavy atom. The van der Waals surface area contributed by atoms with E-state index in [4.69, 9.17) is 10.5 Å². The van der Waals surface area contributed by atoms with Gasteiger partial charge in [-0.05, 0) is 27.2 Å². The van der Waals surface area contributed by atoms with Crippen LogP contribution in [0.4, 0.5) is 4.79 Å². The summed E-state index contributed by atoms with van der Waals surface area (Å²) in [5.41, 5.74) is 5.03. The van der Waals surface area contributed by atoms with Crippen LogP contribution in [0.3, 0.4) is 0 Å². The summed E-state index contributed by atoms with van der Waals surface area (Å²) in [5.74, 6) is 0. The van der Waals surface area contributed by atoms with Gasteiger partial charge in [0.25, 0.3) is 0 Å². The van der Waals surface area contributed by atoms with Crippen molar-refractivity contribution < 1.29 is 9.53 Å². The molecule has 4 nitrogen and oxygen atoms in total. The molecule has 0 aromatic carbocycles. The lowest BCUT2D eigenvalue weighted by Crippen LogP contribution is -2.41. The molecular weight excluding hydrogens is 216 g/mol. The number of alkyl carbamates (subject to hydrolysis) is 1. The predicted molar refractivity (Wildman–Crippen MR) is 70.8 cm³/mol. The quantitative estimate of drug-likeness (QED) is 0.728. The van der Waals surface area contributed by atoms with Gasteiger partial charge in [0.15, 0.2) is 0 Å². The molecule has 0 aromatic rings. The van der Waals surface area contributed by atoms with Crippen molar-refractivity contribution in [3.05, 3.63) is 12.2 Å². The van der Waals surface area contributed by atoms with Gasteiger partial charge in [-0.25, -0.2) is 4.79 Å². The zero-order valence-electron chi connectivity index (χ0n) is 11.7. The molecule has 0 rings (SSSR count). The number of amides is 1. The Kier molecular flexibility index (Phi) is 6.24. The number of carbonyl (C=O) groups is 1. The highest BCUT2D eigenvalue weighted by Crippen LogP contribution is 2.16. The maximum atomic E-state index is 11.5. The second-order valence-electron chi connectivity index (χ2n) is 5.52. The average Bonchev–Trinajstić information content (AvgIpc) is 2.21. The lowest BCUT2D eigenvalue weighted by Gasteiger charge is -2.26. The summed E-state index contributed by atoms with van der Waals surface area (Å²) in [7, 11) is 0. The molecule has 0 saturated carbocycles. The molecule has 3 N–H and O–H groups in total. The van der Waals surface area contributed by atoms with Gasteiger partial charge >= 0.3 is 6.09 Å². The second kappa shape index (κ2) is 6.64. The molecule has 4 heteroatoms. The van der Waals surface area contributed by atoms with E-state index in [1.54, 1.807) is 0 Å². The van der Waals surface area contributed by atoms with Crippen LogP contribution in [0.2, 0.25) is 0 Å². The molecule has 0 aliphatic rings. The first kappa shape index (κ1) is 16.0. The van der Waals surface area contributed by atoms with Crippen molar-refractivity contribution in [2.45, 2.75) is 46.6 Å². The number of carbonyl (C=O) groups excluding carboxylic acids is 1. The predicted octanol–water partition coefficient (Wildman–Crippen LogP) is 2.44. The number of nitrogens with two attached hydrogens (primary N) is 1. The van der Waals surface area contributed by atoms with Crippen LogP contribution in [-0.2, 0) is 4.74 Å². The van der Waals surface area contributed by atoms with Crippen LogP contribution < -0.4 is 11.1 Å². The van der Waals surface area contributed by atoms with Gasteiger partial charge in [-0.2, -0.15) is 0 Å². The summed E-state index contributed by atoms with van der Waals surface area (Å²) in [6, 6.07) is 0. The van der Waals surface area contributed by atoms with Gasteiger partial charge in [0.1, 0.15) is 5.60 Å². The monoisotopic (exact) mass is 242 g/mol. The van der Waals surface area contributed by atoms with E-state index in [0.717, 1.165) is 6.42 Å². The fourth-order valence-corrected chi connectivity index (χ4v) is 1.19. The molecule has 0 bridgehead atoms. The van der Waals surface area contributed by atoms with Crippen molar-refractivity contribution >= 4 is 6.09 Å². The Morgan fingerprint density at radius 2 is 1.94 bits per heavy atom. The summed E-state index contributed by atoms with van der Waals surface area (Å²) in [6.45, 7) is 10.6. The smallest absolute Gasteiger partial charge is 0.407 e. The molecule has 0 saturated heterocycles. The number of ether oxygens (including phenoxy) is 1. The lowest BCUT2D eigenvalue weighted by atomic mass is 9.90. The SMILES string of the molecule is CC/C=C/C(C)(CN)CNC(=O)OC(C)(C)C. The first-order chi connectivity index (χ1) is 7.72. The molecule has 0 spiro atoms. The topological polar surface area (TPSA) is 64.3 Å². The summed E-state index contributed by atoms with van der Waals surface area (Å²) in [6.07, 6.45) is 4.66. The molecule has 1 unspecified atom stereocenters. The van der Waals surface area contributed by atoms with Crippen LogP contribution in [0.15, 0.2) is 12.2 Å². The Balaban J connectivity index is 4.24. The van der Waals surface area contributed by atoms with Gasteiger partial charge in [-0.3, -0.25) is 0 Å². The van der Waals surface area contributed by atoms with Crippen LogP contribution in [0.25, 0.3) is 0 Å². The number of allylic oxidation sites excluding steroid dienone is 1. The Morgan fingerprint density at radius 3 is 2.35 bits per heavy atom. The lowest BCUT2D eigenvalue weighted by molar-refractivity contribution is 0.0513. The minimum atomic E-state index is -0.470. The molecule has 17 heavy (non-hydrogen) atoms. The molecule has 0 aromatic heterocycles. The first-order valence-corrected chi connectivity index (χ1v) is 6.07. The van der Waals surface area contributed by atoms with E-state index in [1.807, 2.05) is 33.8 Å². The second-order valence-corrected chi connectivity index (χ2v) is 5.52. The molecule has 0 heterocycles. The fraction of sp³-hybridized carbons (Fsp3) is 0.769. The van der Waals surface area contributed by atoms with Gasteiger partial charge in [0.05, 0.1) is 0 Å². The molecule has 1 amide bonds. The van der Waals surface area contributed by atoms with Crippen LogP contribution in [-0.4, -0.2) is 24.8 Å². The van der Waals surface area contributed by atoms with E-state index in [0.29, 0.717) is 13.1 Å². The van der Waals surface area contributed by atoms with Gasteiger partial charge in [-0.1, -0.05) is 26.0 Å². The molecule has 100 valence electrons. The normalized spacial score (nSPS) is 15.6. The van der Waals surface area contributed by atoms with Crippen molar-refractivity contribution in [1.82, 2.24) is 5.32 Å². The third-order valence-corrected chi connectivity index (χ3v) is 2.26. The van der Waals surface area contributed by atoms with Gasteiger partial charge < -0.3 is 15.8 Å². The van der Waals surface area contributed by atoms with Gasteiger partial charge in [0, 0.05) is 18.5 Å². The summed E-state index contributed by atoms with van der Waals surface area (Å²) < 4.78 is 5.17. The number of hydrogen-bond donors (Lipinski definition) is 2. The molecule has 0 aliphatic carbocycles. The zero-order chi connectivity index (χ0) is 13.5. The van der Waals surface area contributed by atoms with Crippen LogP contribution in [0, 0.1) is 5.41 Å². The first-order valence-electron chi connectivity index (χ1n) is 6.07. The van der Waals surface area contributed by atoms with Gasteiger partial charge in [-0.15, -0.1) is 0 Å². The van der Waals surface area contributed by atoms with Gasteiger partial charge in [0.2, 0.25) is 0 Å². The van der Waals surface area contributed by atoms with E-state index in [9.17, 15) is 4.79 Å². The van der Waals surface area contributed by atoms with Crippen LogP contribution >= 0.6 is 0 Å². The molecular formula is C13H26N2O2. The third kappa shape index (κ3) is 7.80. The van der Waals surface area contributed by atoms with Crippen molar-refractivity contribution in [3.8, 4) is 0 Å². The van der Waals surface area contributed by atoms with Crippen molar-refractivity contribution in [1.29, 1.82) is 0 Å². The highest BCUT2D eigenvalue weighted by Gasteiger charge is 2.22. The van der Waals surface area contributed by atoms with E-state index in [-0.39, 0.29) is 5.41 Å². The van der Waals surface area contributed by atoms with E-state index < -0.39 is 11.7 Å². The standard InChI is InChI=1S/C13H26N2O2/c1-6-7-8-13(5,9-14)10-15-11(16)17-12(2,3)4/h7-8H,6,9-10,14H2,1-5H3,(H,15,16)/b8-7+.